The van der Waals surface area contributed by atoms with Crippen molar-refractivity contribution in [3.05, 3.63) is 89.6 Å². The third kappa shape index (κ3) is 5.64. The van der Waals surface area contributed by atoms with Crippen molar-refractivity contribution in [1.82, 2.24) is 20.1 Å². The summed E-state index contributed by atoms with van der Waals surface area (Å²) in [6, 6.07) is 21.7. The van der Waals surface area contributed by atoms with E-state index in [1.807, 2.05) is 0 Å². The summed E-state index contributed by atoms with van der Waals surface area (Å²) in [5.41, 5.74) is 2.99. The normalized spacial score (nSPS) is 15.4. The molecule has 0 bridgehead atoms. The molecule has 0 atom stereocenters. The van der Waals surface area contributed by atoms with Gasteiger partial charge in [-0.25, -0.2) is 4.98 Å². The van der Waals surface area contributed by atoms with E-state index < -0.39 is 0 Å². The molecule has 6 heteroatoms. The SMILES string of the molecule is CC(C)CNC(=O)c1coc(CN2CCN(C(c3ccccc3)c3ccccc3)CC2)n1. The summed E-state index contributed by atoms with van der Waals surface area (Å²) < 4.78 is 5.58. The van der Waals surface area contributed by atoms with Gasteiger partial charge in [0.15, 0.2) is 5.69 Å². The molecule has 4 rings (SSSR count). The number of hydrogen-bond donors (Lipinski definition) is 1. The third-order valence-corrected chi connectivity index (χ3v) is 5.82. The minimum Gasteiger partial charge on any atom is -0.447 e. The molecule has 32 heavy (non-hydrogen) atoms. The van der Waals surface area contributed by atoms with Crippen molar-refractivity contribution in [2.45, 2.75) is 26.4 Å². The number of nitrogens with one attached hydrogen (secondary N) is 1. The van der Waals surface area contributed by atoms with E-state index in [0.29, 0.717) is 30.6 Å². The molecule has 0 saturated carbocycles. The number of carbonyl (C=O) groups is 1. The number of nitrogens with zero attached hydrogens (tertiary/aromatic N) is 3. The lowest BCUT2D eigenvalue weighted by molar-refractivity contribution is 0.0942. The van der Waals surface area contributed by atoms with Crippen molar-refractivity contribution in [2.75, 3.05) is 32.7 Å². The Labute approximate surface area is 190 Å². The minimum atomic E-state index is -0.174. The lowest BCUT2D eigenvalue weighted by atomic mass is 9.96. The molecule has 1 fully saturated rings. The zero-order valence-corrected chi connectivity index (χ0v) is 18.9. The number of aromatic nitrogens is 1. The summed E-state index contributed by atoms with van der Waals surface area (Å²) in [5, 5.41) is 2.88. The first-order chi connectivity index (χ1) is 15.6. The van der Waals surface area contributed by atoms with Crippen LogP contribution in [0, 0.1) is 5.92 Å². The number of piperazine rings is 1. The number of amides is 1. The van der Waals surface area contributed by atoms with Crippen molar-refractivity contribution in [2.24, 2.45) is 5.92 Å². The molecule has 1 saturated heterocycles. The van der Waals surface area contributed by atoms with E-state index in [4.69, 9.17) is 4.42 Å². The molecular formula is C26H32N4O2. The minimum absolute atomic E-state index is 0.174. The van der Waals surface area contributed by atoms with Gasteiger partial charge in [-0.15, -0.1) is 0 Å². The zero-order chi connectivity index (χ0) is 22.3. The topological polar surface area (TPSA) is 61.6 Å². The monoisotopic (exact) mass is 432 g/mol. The highest BCUT2D eigenvalue weighted by Crippen LogP contribution is 2.29. The van der Waals surface area contributed by atoms with Gasteiger partial charge in [0.1, 0.15) is 6.26 Å². The molecule has 1 aliphatic rings. The van der Waals surface area contributed by atoms with Gasteiger partial charge in [0, 0.05) is 32.7 Å². The fourth-order valence-electron chi connectivity index (χ4n) is 4.13. The van der Waals surface area contributed by atoms with Crippen LogP contribution in [0.25, 0.3) is 0 Å². The van der Waals surface area contributed by atoms with Crippen LogP contribution < -0.4 is 5.32 Å². The summed E-state index contributed by atoms with van der Waals surface area (Å²) >= 11 is 0. The van der Waals surface area contributed by atoms with Gasteiger partial charge in [0.2, 0.25) is 5.89 Å². The smallest absolute Gasteiger partial charge is 0.273 e. The Bertz CT molecular complexity index is 940. The summed E-state index contributed by atoms with van der Waals surface area (Å²) in [6.07, 6.45) is 1.46. The molecule has 1 aromatic heterocycles. The second-order valence-corrected chi connectivity index (χ2v) is 8.77. The molecule has 0 unspecified atom stereocenters. The van der Waals surface area contributed by atoms with Crippen molar-refractivity contribution in [3.8, 4) is 0 Å². The van der Waals surface area contributed by atoms with E-state index in [-0.39, 0.29) is 11.9 Å². The molecule has 0 aliphatic carbocycles. The Hall–Kier alpha value is -2.96. The van der Waals surface area contributed by atoms with Crippen molar-refractivity contribution < 1.29 is 9.21 Å². The molecule has 0 radical (unpaired) electrons. The molecule has 6 nitrogen and oxygen atoms in total. The molecule has 3 aromatic rings. The van der Waals surface area contributed by atoms with Gasteiger partial charge < -0.3 is 9.73 Å². The number of hydrogen-bond acceptors (Lipinski definition) is 5. The van der Waals surface area contributed by atoms with E-state index in [1.54, 1.807) is 0 Å². The largest absolute Gasteiger partial charge is 0.447 e. The zero-order valence-electron chi connectivity index (χ0n) is 18.9. The van der Waals surface area contributed by atoms with Crippen LogP contribution in [0.5, 0.6) is 0 Å². The summed E-state index contributed by atoms with van der Waals surface area (Å²) in [5.74, 6) is 0.820. The van der Waals surface area contributed by atoms with E-state index in [0.717, 1.165) is 26.2 Å². The maximum absolute atomic E-state index is 12.2. The Morgan fingerprint density at radius 2 is 1.56 bits per heavy atom. The van der Waals surface area contributed by atoms with Gasteiger partial charge in [-0.1, -0.05) is 74.5 Å². The van der Waals surface area contributed by atoms with Crippen LogP contribution in [-0.4, -0.2) is 53.4 Å². The van der Waals surface area contributed by atoms with Gasteiger partial charge in [-0.2, -0.15) is 0 Å². The maximum Gasteiger partial charge on any atom is 0.273 e. The molecule has 1 amide bonds. The number of benzene rings is 2. The van der Waals surface area contributed by atoms with Gasteiger partial charge in [-0.3, -0.25) is 14.6 Å². The van der Waals surface area contributed by atoms with Gasteiger partial charge in [0.05, 0.1) is 12.6 Å². The highest BCUT2D eigenvalue weighted by molar-refractivity contribution is 5.91. The standard InChI is InChI=1S/C26H32N4O2/c1-20(2)17-27-26(31)23-19-32-24(28-23)18-29-13-15-30(16-14-29)25(21-9-5-3-6-10-21)22-11-7-4-8-12-22/h3-12,19-20,25H,13-18H2,1-2H3,(H,27,31). The third-order valence-electron chi connectivity index (χ3n) is 5.82. The van der Waals surface area contributed by atoms with Crippen LogP contribution in [0.2, 0.25) is 0 Å². The Morgan fingerprint density at radius 1 is 0.969 bits per heavy atom. The maximum atomic E-state index is 12.2. The molecule has 2 aromatic carbocycles. The molecule has 168 valence electrons. The number of rotatable bonds is 8. The Kier molecular flexibility index (Phi) is 7.35. The first-order valence-corrected chi connectivity index (χ1v) is 11.4. The Morgan fingerprint density at radius 3 is 2.12 bits per heavy atom. The van der Waals surface area contributed by atoms with Crippen LogP contribution in [0.3, 0.4) is 0 Å². The average molecular weight is 433 g/mol. The lowest BCUT2D eigenvalue weighted by Gasteiger charge is -2.39. The van der Waals surface area contributed by atoms with E-state index in [9.17, 15) is 4.79 Å². The predicted molar refractivity (Wildman–Crippen MR) is 125 cm³/mol. The summed E-state index contributed by atoms with van der Waals surface area (Å²) in [4.78, 5) is 21.5. The lowest BCUT2D eigenvalue weighted by Crippen LogP contribution is -2.47. The second-order valence-electron chi connectivity index (χ2n) is 8.77. The van der Waals surface area contributed by atoms with Crippen molar-refractivity contribution in [3.63, 3.8) is 0 Å². The molecule has 1 aliphatic heterocycles. The van der Waals surface area contributed by atoms with E-state index in [2.05, 4.69) is 94.6 Å². The van der Waals surface area contributed by atoms with Crippen molar-refractivity contribution >= 4 is 5.91 Å². The quantitative estimate of drug-likeness (QED) is 0.584. The molecule has 1 N–H and O–H groups in total. The van der Waals surface area contributed by atoms with E-state index >= 15 is 0 Å². The first-order valence-electron chi connectivity index (χ1n) is 11.4. The van der Waals surface area contributed by atoms with Crippen LogP contribution in [-0.2, 0) is 6.54 Å². The summed E-state index contributed by atoms with van der Waals surface area (Å²) in [7, 11) is 0. The summed E-state index contributed by atoms with van der Waals surface area (Å²) in [6.45, 7) is 9.14. The Balaban J connectivity index is 1.37. The number of oxazole rings is 1. The fourth-order valence-corrected chi connectivity index (χ4v) is 4.13. The first kappa shape index (κ1) is 22.2. The van der Waals surface area contributed by atoms with E-state index in [1.165, 1.54) is 17.4 Å². The van der Waals surface area contributed by atoms with Crippen LogP contribution in [0.15, 0.2) is 71.3 Å². The van der Waals surface area contributed by atoms with Gasteiger partial charge >= 0.3 is 0 Å². The fraction of sp³-hybridized carbons (Fsp3) is 0.385. The van der Waals surface area contributed by atoms with Gasteiger partial charge in [-0.05, 0) is 17.0 Å². The molecule has 0 spiro atoms. The average Bonchev–Trinajstić information content (AvgIpc) is 3.29. The van der Waals surface area contributed by atoms with Crippen molar-refractivity contribution in [1.29, 1.82) is 0 Å². The van der Waals surface area contributed by atoms with Crippen LogP contribution in [0.4, 0.5) is 0 Å². The molecular weight excluding hydrogens is 400 g/mol. The van der Waals surface area contributed by atoms with Crippen LogP contribution >= 0.6 is 0 Å². The van der Waals surface area contributed by atoms with Crippen LogP contribution in [0.1, 0.15) is 47.4 Å². The second kappa shape index (κ2) is 10.6. The molecule has 2 heterocycles. The van der Waals surface area contributed by atoms with Gasteiger partial charge in [0.25, 0.3) is 5.91 Å². The highest BCUT2D eigenvalue weighted by atomic mass is 16.3. The number of carbonyl (C=O) groups excluding carboxylic acids is 1. The predicted octanol–water partition coefficient (Wildman–Crippen LogP) is 3.97. The highest BCUT2D eigenvalue weighted by Gasteiger charge is 2.27.